The predicted octanol–water partition coefficient (Wildman–Crippen LogP) is 0.150. The second kappa shape index (κ2) is 4.72. The SMILES string of the molecule is CN1CCN(C(=O)C2(C)CCCNC2)CC1. The number of likely N-dealkylation sites (N-methyl/N-ethyl adjacent to an activating group) is 1. The van der Waals surface area contributed by atoms with Gasteiger partial charge in [-0.05, 0) is 33.4 Å². The van der Waals surface area contributed by atoms with E-state index in [9.17, 15) is 4.79 Å². The minimum absolute atomic E-state index is 0.159. The van der Waals surface area contributed by atoms with Crippen molar-refractivity contribution >= 4 is 5.91 Å². The molecule has 92 valence electrons. The average molecular weight is 225 g/mol. The quantitative estimate of drug-likeness (QED) is 0.690. The summed E-state index contributed by atoms with van der Waals surface area (Å²) < 4.78 is 0. The van der Waals surface area contributed by atoms with Gasteiger partial charge in [-0.2, -0.15) is 0 Å². The number of nitrogens with zero attached hydrogens (tertiary/aromatic N) is 2. The van der Waals surface area contributed by atoms with E-state index >= 15 is 0 Å². The number of piperidine rings is 1. The lowest BCUT2D eigenvalue weighted by atomic mass is 9.81. The molecule has 0 aromatic rings. The molecule has 2 saturated heterocycles. The molecule has 2 rings (SSSR count). The van der Waals surface area contributed by atoms with Crippen LogP contribution in [0.5, 0.6) is 0 Å². The molecule has 0 aromatic heterocycles. The number of hydrogen-bond acceptors (Lipinski definition) is 3. The van der Waals surface area contributed by atoms with E-state index in [4.69, 9.17) is 0 Å². The van der Waals surface area contributed by atoms with E-state index in [1.165, 1.54) is 0 Å². The van der Waals surface area contributed by atoms with Gasteiger partial charge >= 0.3 is 0 Å². The standard InChI is InChI=1S/C12H23N3O/c1-12(4-3-5-13-10-12)11(16)15-8-6-14(2)7-9-15/h13H,3-10H2,1-2H3. The molecule has 2 aliphatic heterocycles. The summed E-state index contributed by atoms with van der Waals surface area (Å²) in [7, 11) is 2.12. The highest BCUT2D eigenvalue weighted by molar-refractivity contribution is 5.82. The molecular formula is C12H23N3O. The first kappa shape index (κ1) is 11.9. The van der Waals surface area contributed by atoms with Gasteiger partial charge in [-0.1, -0.05) is 0 Å². The van der Waals surface area contributed by atoms with E-state index in [1.807, 2.05) is 4.90 Å². The summed E-state index contributed by atoms with van der Waals surface area (Å²) in [6, 6.07) is 0. The number of piperazine rings is 1. The molecule has 2 heterocycles. The topological polar surface area (TPSA) is 35.6 Å². The second-order valence-electron chi connectivity index (χ2n) is 5.44. The minimum Gasteiger partial charge on any atom is -0.340 e. The smallest absolute Gasteiger partial charge is 0.229 e. The molecule has 4 heteroatoms. The Morgan fingerprint density at radius 3 is 2.50 bits per heavy atom. The van der Waals surface area contributed by atoms with Gasteiger partial charge in [0.25, 0.3) is 0 Å². The van der Waals surface area contributed by atoms with E-state index in [0.29, 0.717) is 5.91 Å². The summed E-state index contributed by atoms with van der Waals surface area (Å²) in [6.07, 6.45) is 2.15. The number of nitrogens with one attached hydrogen (secondary N) is 1. The van der Waals surface area contributed by atoms with Crippen LogP contribution < -0.4 is 5.32 Å². The van der Waals surface area contributed by atoms with Crippen LogP contribution in [0.1, 0.15) is 19.8 Å². The van der Waals surface area contributed by atoms with Crippen LogP contribution in [-0.2, 0) is 4.79 Å². The highest BCUT2D eigenvalue weighted by atomic mass is 16.2. The molecule has 0 saturated carbocycles. The molecule has 1 N–H and O–H groups in total. The molecule has 0 aromatic carbocycles. The third-order valence-corrected chi connectivity index (χ3v) is 3.90. The zero-order valence-corrected chi connectivity index (χ0v) is 10.5. The Bertz CT molecular complexity index is 253. The van der Waals surface area contributed by atoms with Crippen LogP contribution in [0.3, 0.4) is 0 Å². The van der Waals surface area contributed by atoms with Crippen molar-refractivity contribution in [1.82, 2.24) is 15.1 Å². The van der Waals surface area contributed by atoms with Crippen molar-refractivity contribution in [3.63, 3.8) is 0 Å². The van der Waals surface area contributed by atoms with Crippen molar-refractivity contribution in [3.05, 3.63) is 0 Å². The predicted molar refractivity (Wildman–Crippen MR) is 64.3 cm³/mol. The molecule has 2 aliphatic rings. The Morgan fingerprint density at radius 1 is 1.25 bits per heavy atom. The van der Waals surface area contributed by atoms with E-state index < -0.39 is 0 Å². The van der Waals surface area contributed by atoms with E-state index in [-0.39, 0.29) is 5.41 Å². The molecule has 1 amide bonds. The summed E-state index contributed by atoms with van der Waals surface area (Å²) in [5.41, 5.74) is -0.159. The fourth-order valence-corrected chi connectivity index (χ4v) is 2.63. The molecule has 1 unspecified atom stereocenters. The van der Waals surface area contributed by atoms with E-state index in [1.54, 1.807) is 0 Å². The van der Waals surface area contributed by atoms with Gasteiger partial charge in [0.1, 0.15) is 0 Å². The summed E-state index contributed by atoms with van der Waals surface area (Å²) in [6.45, 7) is 7.82. The molecule has 0 spiro atoms. The van der Waals surface area contributed by atoms with Crippen molar-refractivity contribution in [1.29, 1.82) is 0 Å². The third kappa shape index (κ3) is 2.38. The van der Waals surface area contributed by atoms with Crippen LogP contribution in [0, 0.1) is 5.41 Å². The van der Waals surface area contributed by atoms with Crippen LogP contribution >= 0.6 is 0 Å². The van der Waals surface area contributed by atoms with Gasteiger partial charge < -0.3 is 15.1 Å². The maximum Gasteiger partial charge on any atom is 0.229 e. The van der Waals surface area contributed by atoms with Crippen LogP contribution in [0.15, 0.2) is 0 Å². The van der Waals surface area contributed by atoms with Gasteiger partial charge in [0.2, 0.25) is 5.91 Å². The zero-order chi connectivity index (χ0) is 11.6. The van der Waals surface area contributed by atoms with Crippen LogP contribution in [-0.4, -0.2) is 62.0 Å². The fourth-order valence-electron chi connectivity index (χ4n) is 2.63. The Balaban J connectivity index is 1.95. The molecule has 0 bridgehead atoms. The van der Waals surface area contributed by atoms with Crippen molar-refractivity contribution in [2.24, 2.45) is 5.41 Å². The lowest BCUT2D eigenvalue weighted by Crippen LogP contribution is -2.55. The Morgan fingerprint density at radius 2 is 1.94 bits per heavy atom. The number of carbonyl (C=O) groups is 1. The summed E-state index contributed by atoms with van der Waals surface area (Å²) in [5.74, 6) is 0.354. The van der Waals surface area contributed by atoms with Gasteiger partial charge in [0.05, 0.1) is 5.41 Å². The highest BCUT2D eigenvalue weighted by Gasteiger charge is 2.38. The minimum atomic E-state index is -0.159. The third-order valence-electron chi connectivity index (χ3n) is 3.90. The number of rotatable bonds is 1. The zero-order valence-electron chi connectivity index (χ0n) is 10.5. The molecule has 0 radical (unpaired) electrons. The first-order chi connectivity index (χ1) is 7.62. The number of hydrogen-bond donors (Lipinski definition) is 1. The molecule has 1 atom stereocenters. The maximum atomic E-state index is 12.4. The second-order valence-corrected chi connectivity index (χ2v) is 5.44. The number of amides is 1. The van der Waals surface area contributed by atoms with Crippen molar-refractivity contribution in [2.75, 3.05) is 46.3 Å². The molecule has 16 heavy (non-hydrogen) atoms. The lowest BCUT2D eigenvalue weighted by molar-refractivity contribution is -0.143. The summed E-state index contributed by atoms with van der Waals surface area (Å²) >= 11 is 0. The van der Waals surface area contributed by atoms with Gasteiger partial charge in [0, 0.05) is 32.7 Å². The van der Waals surface area contributed by atoms with Gasteiger partial charge in [-0.25, -0.2) is 0 Å². The Kier molecular flexibility index (Phi) is 3.50. The molecule has 4 nitrogen and oxygen atoms in total. The number of carbonyl (C=O) groups excluding carboxylic acids is 1. The van der Waals surface area contributed by atoms with E-state index in [0.717, 1.165) is 52.1 Å². The summed E-state index contributed by atoms with van der Waals surface area (Å²) in [4.78, 5) is 16.8. The van der Waals surface area contributed by atoms with Crippen molar-refractivity contribution < 1.29 is 4.79 Å². The van der Waals surface area contributed by atoms with Crippen LogP contribution in [0.2, 0.25) is 0 Å². The lowest BCUT2D eigenvalue weighted by Gasteiger charge is -2.40. The Labute approximate surface area is 98.0 Å². The first-order valence-electron chi connectivity index (χ1n) is 6.30. The van der Waals surface area contributed by atoms with Crippen LogP contribution in [0.25, 0.3) is 0 Å². The van der Waals surface area contributed by atoms with Gasteiger partial charge in [0.15, 0.2) is 0 Å². The maximum absolute atomic E-state index is 12.4. The monoisotopic (exact) mass is 225 g/mol. The summed E-state index contributed by atoms with van der Waals surface area (Å²) in [5, 5.41) is 3.35. The normalized spacial score (nSPS) is 32.8. The first-order valence-corrected chi connectivity index (χ1v) is 6.30. The average Bonchev–Trinajstić information content (AvgIpc) is 2.30. The van der Waals surface area contributed by atoms with E-state index in [2.05, 4.69) is 24.2 Å². The molecule has 0 aliphatic carbocycles. The molecular weight excluding hydrogens is 202 g/mol. The van der Waals surface area contributed by atoms with Gasteiger partial charge in [-0.3, -0.25) is 4.79 Å². The van der Waals surface area contributed by atoms with Crippen LogP contribution in [0.4, 0.5) is 0 Å². The molecule has 2 fully saturated rings. The highest BCUT2D eigenvalue weighted by Crippen LogP contribution is 2.28. The largest absolute Gasteiger partial charge is 0.340 e. The van der Waals surface area contributed by atoms with Crippen molar-refractivity contribution in [2.45, 2.75) is 19.8 Å². The van der Waals surface area contributed by atoms with Crippen molar-refractivity contribution in [3.8, 4) is 0 Å². The van der Waals surface area contributed by atoms with Gasteiger partial charge in [-0.15, -0.1) is 0 Å². The Hall–Kier alpha value is -0.610. The fraction of sp³-hybridized carbons (Fsp3) is 0.917.